The second-order valence-corrected chi connectivity index (χ2v) is 14.6. The van der Waals surface area contributed by atoms with Gasteiger partial charge in [0.05, 0.1) is 36.5 Å². The Bertz CT molecular complexity index is 969. The highest BCUT2D eigenvalue weighted by Crippen LogP contribution is 2.19. The van der Waals surface area contributed by atoms with Crippen LogP contribution in [0.25, 0.3) is 0 Å². The van der Waals surface area contributed by atoms with Gasteiger partial charge >= 0.3 is 17.9 Å². The zero-order chi connectivity index (χ0) is 35.2. The van der Waals surface area contributed by atoms with Gasteiger partial charge in [0.1, 0.15) is 0 Å². The molecule has 1 aromatic carbocycles. The first kappa shape index (κ1) is 43.7. The first-order chi connectivity index (χ1) is 23.3. The number of ether oxygens (including phenoxy) is 3. The topological polar surface area (TPSA) is 78.9 Å². The molecular weight excluding hydrogens is 600 g/mol. The summed E-state index contributed by atoms with van der Waals surface area (Å²) in [6, 6.07) is 4.48. The van der Waals surface area contributed by atoms with Crippen LogP contribution in [0.5, 0.6) is 0 Å². The van der Waals surface area contributed by atoms with Crippen molar-refractivity contribution in [2.45, 2.75) is 182 Å². The number of carbonyl (C=O) groups excluding carboxylic acids is 3. The molecule has 6 heteroatoms. The van der Waals surface area contributed by atoms with Crippen LogP contribution in [-0.2, 0) is 14.2 Å². The number of hydrogen-bond acceptors (Lipinski definition) is 6. The number of benzene rings is 1. The number of rotatable bonds is 31. The molecule has 0 spiro atoms. The third-order valence-electron chi connectivity index (χ3n) is 8.99. The first-order valence-electron chi connectivity index (χ1n) is 19.9. The van der Waals surface area contributed by atoms with Crippen LogP contribution in [0.3, 0.4) is 0 Å². The number of hydrogen-bond donors (Lipinski definition) is 0. The Labute approximate surface area is 294 Å². The zero-order valence-corrected chi connectivity index (χ0v) is 31.7. The molecule has 0 saturated heterocycles. The highest BCUT2D eigenvalue weighted by Gasteiger charge is 2.22. The monoisotopic (exact) mass is 673 g/mol. The summed E-state index contributed by atoms with van der Waals surface area (Å²) in [5, 5.41) is 0. The second kappa shape index (κ2) is 29.5. The first-order valence-corrected chi connectivity index (χ1v) is 19.9. The van der Waals surface area contributed by atoms with Crippen molar-refractivity contribution in [3.05, 3.63) is 34.9 Å². The van der Waals surface area contributed by atoms with Crippen molar-refractivity contribution in [3.63, 3.8) is 0 Å². The lowest BCUT2D eigenvalue weighted by atomic mass is 10.0. The van der Waals surface area contributed by atoms with E-state index in [1.807, 2.05) is 0 Å². The molecule has 0 aliphatic rings. The second-order valence-electron chi connectivity index (χ2n) is 14.6. The molecule has 0 aliphatic heterocycles. The SMILES string of the molecule is CCCCCCCCCCCCCOC(=O)c1ccc(C(=O)OCCCCCCCC(C)C)c(C(=O)OCCCCCCCC(C)C)c1. The number of carbonyl (C=O) groups is 3. The van der Waals surface area contributed by atoms with Gasteiger partial charge in [0, 0.05) is 0 Å². The van der Waals surface area contributed by atoms with Gasteiger partial charge in [-0.05, 0) is 49.3 Å². The average Bonchev–Trinajstić information content (AvgIpc) is 3.06. The van der Waals surface area contributed by atoms with Crippen LogP contribution in [0.15, 0.2) is 18.2 Å². The molecule has 276 valence electrons. The molecule has 0 N–H and O–H groups in total. The van der Waals surface area contributed by atoms with E-state index in [4.69, 9.17) is 14.2 Å². The van der Waals surface area contributed by atoms with Crippen LogP contribution in [0.2, 0.25) is 0 Å². The van der Waals surface area contributed by atoms with Crippen molar-refractivity contribution in [2.24, 2.45) is 11.8 Å². The maximum absolute atomic E-state index is 13.2. The summed E-state index contributed by atoms with van der Waals surface area (Å²) in [6.45, 7) is 12.1. The molecule has 1 rings (SSSR count). The van der Waals surface area contributed by atoms with E-state index in [-0.39, 0.29) is 23.3 Å². The highest BCUT2D eigenvalue weighted by atomic mass is 16.5. The molecule has 0 aromatic heterocycles. The van der Waals surface area contributed by atoms with E-state index >= 15 is 0 Å². The molecule has 0 heterocycles. The fraction of sp³-hybridized carbons (Fsp3) is 0.786. The predicted molar refractivity (Wildman–Crippen MR) is 199 cm³/mol. The van der Waals surface area contributed by atoms with Crippen LogP contribution >= 0.6 is 0 Å². The largest absolute Gasteiger partial charge is 0.462 e. The smallest absolute Gasteiger partial charge is 0.339 e. The molecule has 0 radical (unpaired) electrons. The highest BCUT2D eigenvalue weighted by molar-refractivity contribution is 6.05. The van der Waals surface area contributed by atoms with Gasteiger partial charge in [-0.15, -0.1) is 0 Å². The van der Waals surface area contributed by atoms with Gasteiger partial charge in [-0.25, -0.2) is 14.4 Å². The standard InChI is InChI=1S/C42H72O6/c1-6-7-8-9-10-11-12-13-14-19-24-31-46-40(43)37-29-30-38(41(44)47-32-25-20-15-17-22-27-35(2)3)39(34-37)42(45)48-33-26-21-16-18-23-28-36(4)5/h29-30,34-36H,6-28,31-33H2,1-5H3. The summed E-state index contributed by atoms with van der Waals surface area (Å²) < 4.78 is 16.7. The van der Waals surface area contributed by atoms with Crippen LogP contribution in [0.4, 0.5) is 0 Å². The molecule has 0 saturated carbocycles. The Kier molecular flexibility index (Phi) is 26.9. The summed E-state index contributed by atoms with van der Waals surface area (Å²) in [6.07, 6.45) is 26.6. The summed E-state index contributed by atoms with van der Waals surface area (Å²) in [4.78, 5) is 39.1. The summed E-state index contributed by atoms with van der Waals surface area (Å²) in [7, 11) is 0. The van der Waals surface area contributed by atoms with Crippen LogP contribution in [-0.4, -0.2) is 37.7 Å². The van der Waals surface area contributed by atoms with E-state index < -0.39 is 17.9 Å². The van der Waals surface area contributed by atoms with Gasteiger partial charge in [0.2, 0.25) is 0 Å². The molecular formula is C42H72O6. The molecule has 0 atom stereocenters. The fourth-order valence-corrected chi connectivity index (χ4v) is 5.89. The van der Waals surface area contributed by atoms with E-state index in [0.717, 1.165) is 69.6 Å². The van der Waals surface area contributed by atoms with E-state index in [2.05, 4.69) is 34.6 Å². The maximum atomic E-state index is 13.2. The minimum atomic E-state index is -0.605. The Balaban J connectivity index is 2.59. The van der Waals surface area contributed by atoms with E-state index in [9.17, 15) is 14.4 Å². The minimum absolute atomic E-state index is 0.0646. The third-order valence-corrected chi connectivity index (χ3v) is 8.99. The Morgan fingerprint density at radius 2 is 0.812 bits per heavy atom. The van der Waals surface area contributed by atoms with Crippen LogP contribution in [0, 0.1) is 11.8 Å². The zero-order valence-electron chi connectivity index (χ0n) is 31.7. The summed E-state index contributed by atoms with van der Waals surface area (Å²) in [5.74, 6) is -0.201. The summed E-state index contributed by atoms with van der Waals surface area (Å²) >= 11 is 0. The molecule has 0 amide bonds. The third kappa shape index (κ3) is 23.1. The lowest BCUT2D eigenvalue weighted by Gasteiger charge is -2.12. The van der Waals surface area contributed by atoms with E-state index in [1.54, 1.807) is 6.07 Å². The van der Waals surface area contributed by atoms with E-state index in [1.165, 1.54) is 102 Å². The molecule has 0 fully saturated rings. The van der Waals surface area contributed by atoms with Crippen molar-refractivity contribution < 1.29 is 28.6 Å². The van der Waals surface area contributed by atoms with Crippen LogP contribution < -0.4 is 0 Å². The van der Waals surface area contributed by atoms with Crippen molar-refractivity contribution in [2.75, 3.05) is 19.8 Å². The van der Waals surface area contributed by atoms with Gasteiger partial charge in [-0.1, -0.05) is 163 Å². The molecule has 6 nitrogen and oxygen atoms in total. The maximum Gasteiger partial charge on any atom is 0.339 e. The van der Waals surface area contributed by atoms with Gasteiger partial charge in [0.15, 0.2) is 0 Å². The van der Waals surface area contributed by atoms with Gasteiger partial charge in [0.25, 0.3) is 0 Å². The lowest BCUT2D eigenvalue weighted by molar-refractivity contribution is 0.0447. The van der Waals surface area contributed by atoms with Crippen molar-refractivity contribution in [1.29, 1.82) is 0 Å². The van der Waals surface area contributed by atoms with Crippen molar-refractivity contribution >= 4 is 17.9 Å². The predicted octanol–water partition coefficient (Wildman–Crippen LogP) is 12.5. The Morgan fingerprint density at radius 3 is 1.23 bits per heavy atom. The molecule has 0 unspecified atom stereocenters. The van der Waals surface area contributed by atoms with Crippen molar-refractivity contribution in [3.8, 4) is 0 Å². The Morgan fingerprint density at radius 1 is 0.458 bits per heavy atom. The summed E-state index contributed by atoms with van der Waals surface area (Å²) in [5.41, 5.74) is 0.440. The van der Waals surface area contributed by atoms with Crippen molar-refractivity contribution in [1.82, 2.24) is 0 Å². The van der Waals surface area contributed by atoms with Gasteiger partial charge in [-0.2, -0.15) is 0 Å². The lowest BCUT2D eigenvalue weighted by Crippen LogP contribution is -2.17. The number of unbranched alkanes of at least 4 members (excludes halogenated alkanes) is 18. The molecule has 48 heavy (non-hydrogen) atoms. The average molecular weight is 673 g/mol. The quantitative estimate of drug-likeness (QED) is 0.0444. The fourth-order valence-electron chi connectivity index (χ4n) is 5.89. The normalized spacial score (nSPS) is 11.3. The van der Waals surface area contributed by atoms with E-state index in [0.29, 0.717) is 13.2 Å². The minimum Gasteiger partial charge on any atom is -0.462 e. The molecule has 0 bridgehead atoms. The molecule has 1 aromatic rings. The Hall–Kier alpha value is -2.37. The van der Waals surface area contributed by atoms with Gasteiger partial charge < -0.3 is 14.2 Å². The van der Waals surface area contributed by atoms with Crippen LogP contribution in [0.1, 0.15) is 213 Å². The van der Waals surface area contributed by atoms with Gasteiger partial charge in [-0.3, -0.25) is 0 Å². The molecule has 0 aliphatic carbocycles. The number of esters is 3.